The molecule has 1 amide bonds. The maximum atomic E-state index is 12.6. The molecular formula is C17H26N2O2. The van der Waals surface area contributed by atoms with Crippen LogP contribution in [0.15, 0.2) is 24.3 Å². The quantitative estimate of drug-likeness (QED) is 0.783. The first-order valence-electron chi connectivity index (χ1n) is 7.18. The van der Waals surface area contributed by atoms with Crippen molar-refractivity contribution in [3.8, 4) is 0 Å². The Hall–Kier alpha value is -1.68. The van der Waals surface area contributed by atoms with Gasteiger partial charge in [0.25, 0.3) is 5.91 Å². The van der Waals surface area contributed by atoms with E-state index < -0.39 is 5.41 Å². The highest BCUT2D eigenvalue weighted by atomic mass is 16.2. The molecule has 0 saturated heterocycles. The Bertz CT molecular complexity index is 516. The molecule has 1 aromatic rings. The van der Waals surface area contributed by atoms with Gasteiger partial charge >= 0.3 is 0 Å². The van der Waals surface area contributed by atoms with E-state index in [9.17, 15) is 9.59 Å². The molecule has 0 fully saturated rings. The zero-order valence-electron chi connectivity index (χ0n) is 13.9. The third-order valence-corrected chi connectivity index (χ3v) is 3.31. The van der Waals surface area contributed by atoms with E-state index in [1.54, 1.807) is 36.2 Å². The third-order valence-electron chi connectivity index (χ3n) is 3.31. The number of hydrogen-bond acceptors (Lipinski definition) is 3. The molecule has 4 heteroatoms. The van der Waals surface area contributed by atoms with Gasteiger partial charge in [0.1, 0.15) is 0 Å². The van der Waals surface area contributed by atoms with Crippen molar-refractivity contribution in [3.05, 3.63) is 35.4 Å². The van der Waals surface area contributed by atoms with E-state index in [0.29, 0.717) is 17.7 Å². The van der Waals surface area contributed by atoms with E-state index in [0.717, 1.165) is 6.54 Å². The Morgan fingerprint density at radius 2 is 1.48 bits per heavy atom. The lowest BCUT2D eigenvalue weighted by molar-refractivity contribution is 0.0771. The van der Waals surface area contributed by atoms with Crippen LogP contribution >= 0.6 is 0 Å². The summed E-state index contributed by atoms with van der Waals surface area (Å²) in [5.74, 6) is -0.113. The standard InChI is InChI=1S/C17H26N2O2/c1-17(2,3)15(20)13-9-7-8-10-14(13)16(21)19(6)12-11-18(4)5/h7-10H,11-12H2,1-6H3. The Balaban J connectivity index is 3.03. The minimum Gasteiger partial charge on any atom is -0.340 e. The SMILES string of the molecule is CN(C)CCN(C)C(=O)c1ccccc1C(=O)C(C)(C)C. The van der Waals surface area contributed by atoms with Crippen LogP contribution in [0, 0.1) is 5.41 Å². The summed E-state index contributed by atoms with van der Waals surface area (Å²) in [6.45, 7) is 7.02. The summed E-state index contributed by atoms with van der Waals surface area (Å²) in [5, 5.41) is 0. The van der Waals surface area contributed by atoms with Gasteiger partial charge in [-0.05, 0) is 20.2 Å². The monoisotopic (exact) mass is 290 g/mol. The lowest BCUT2D eigenvalue weighted by atomic mass is 9.84. The normalized spacial score (nSPS) is 11.6. The zero-order chi connectivity index (χ0) is 16.2. The van der Waals surface area contributed by atoms with Gasteiger partial charge in [-0.1, -0.05) is 39.0 Å². The third kappa shape index (κ3) is 4.67. The summed E-state index contributed by atoms with van der Waals surface area (Å²) >= 11 is 0. The van der Waals surface area contributed by atoms with Gasteiger partial charge in [0.15, 0.2) is 5.78 Å². The molecular weight excluding hydrogens is 264 g/mol. The molecule has 21 heavy (non-hydrogen) atoms. The summed E-state index contributed by atoms with van der Waals surface area (Å²) < 4.78 is 0. The number of rotatable bonds is 5. The number of benzene rings is 1. The molecule has 0 aliphatic rings. The van der Waals surface area contributed by atoms with Crippen LogP contribution in [0.5, 0.6) is 0 Å². The van der Waals surface area contributed by atoms with Crippen molar-refractivity contribution in [2.75, 3.05) is 34.2 Å². The lowest BCUT2D eigenvalue weighted by Crippen LogP contribution is -2.35. The predicted octanol–water partition coefficient (Wildman–Crippen LogP) is 2.55. The second-order valence-corrected chi connectivity index (χ2v) is 6.65. The van der Waals surface area contributed by atoms with Crippen LogP contribution in [0.3, 0.4) is 0 Å². The van der Waals surface area contributed by atoms with Crippen LogP contribution in [0.2, 0.25) is 0 Å². The average molecular weight is 290 g/mol. The van der Waals surface area contributed by atoms with Crippen LogP contribution in [0.25, 0.3) is 0 Å². The summed E-state index contributed by atoms with van der Waals surface area (Å²) in [6.07, 6.45) is 0. The Kier molecular flexibility index (Phi) is 5.67. The maximum Gasteiger partial charge on any atom is 0.254 e. The van der Waals surface area contributed by atoms with Crippen LogP contribution in [-0.2, 0) is 0 Å². The first-order valence-corrected chi connectivity index (χ1v) is 7.18. The Labute approximate surface area is 127 Å². The summed E-state index contributed by atoms with van der Waals surface area (Å²) in [4.78, 5) is 28.8. The van der Waals surface area contributed by atoms with E-state index in [4.69, 9.17) is 0 Å². The number of amides is 1. The smallest absolute Gasteiger partial charge is 0.254 e. The van der Waals surface area contributed by atoms with Gasteiger partial charge in [-0.25, -0.2) is 0 Å². The van der Waals surface area contributed by atoms with E-state index in [1.807, 2.05) is 39.8 Å². The number of Topliss-reactive ketones (excluding diaryl/α,β-unsaturated/α-hetero) is 1. The Morgan fingerprint density at radius 1 is 0.952 bits per heavy atom. The largest absolute Gasteiger partial charge is 0.340 e. The van der Waals surface area contributed by atoms with E-state index >= 15 is 0 Å². The Morgan fingerprint density at radius 3 is 1.95 bits per heavy atom. The van der Waals surface area contributed by atoms with E-state index in [-0.39, 0.29) is 11.7 Å². The first kappa shape index (κ1) is 17.4. The van der Waals surface area contributed by atoms with Gasteiger partial charge in [0, 0.05) is 31.1 Å². The number of hydrogen-bond donors (Lipinski definition) is 0. The fraction of sp³-hybridized carbons (Fsp3) is 0.529. The van der Waals surface area contributed by atoms with Gasteiger partial charge in [0.05, 0.1) is 5.56 Å². The molecule has 0 bridgehead atoms. The second-order valence-electron chi connectivity index (χ2n) is 6.65. The predicted molar refractivity (Wildman–Crippen MR) is 85.7 cm³/mol. The summed E-state index contributed by atoms with van der Waals surface area (Å²) in [5.41, 5.74) is 0.490. The molecule has 116 valence electrons. The molecule has 1 rings (SSSR count). The minimum atomic E-state index is -0.501. The number of likely N-dealkylation sites (N-methyl/N-ethyl adjacent to an activating group) is 2. The topological polar surface area (TPSA) is 40.6 Å². The fourth-order valence-electron chi connectivity index (χ4n) is 1.93. The molecule has 0 aliphatic carbocycles. The molecule has 0 radical (unpaired) electrons. The molecule has 4 nitrogen and oxygen atoms in total. The number of ketones is 1. The van der Waals surface area contributed by atoms with Crippen molar-refractivity contribution >= 4 is 11.7 Å². The molecule has 0 spiro atoms. The zero-order valence-corrected chi connectivity index (χ0v) is 13.9. The molecule has 0 aromatic heterocycles. The van der Waals surface area contributed by atoms with Crippen molar-refractivity contribution in [3.63, 3.8) is 0 Å². The van der Waals surface area contributed by atoms with E-state index in [2.05, 4.69) is 0 Å². The number of carbonyl (C=O) groups is 2. The van der Waals surface area contributed by atoms with Crippen molar-refractivity contribution in [1.29, 1.82) is 0 Å². The summed E-state index contributed by atoms with van der Waals surface area (Å²) in [7, 11) is 5.70. The molecule has 0 unspecified atom stereocenters. The molecule has 0 aliphatic heterocycles. The lowest BCUT2D eigenvalue weighted by Gasteiger charge is -2.23. The van der Waals surface area contributed by atoms with Crippen molar-refractivity contribution < 1.29 is 9.59 Å². The molecule has 1 aromatic carbocycles. The van der Waals surface area contributed by atoms with Crippen LogP contribution < -0.4 is 0 Å². The highest BCUT2D eigenvalue weighted by Crippen LogP contribution is 2.23. The van der Waals surface area contributed by atoms with Crippen LogP contribution in [0.1, 0.15) is 41.5 Å². The van der Waals surface area contributed by atoms with Crippen LogP contribution in [0.4, 0.5) is 0 Å². The van der Waals surface area contributed by atoms with Gasteiger partial charge in [-0.2, -0.15) is 0 Å². The molecule has 0 heterocycles. The first-order chi connectivity index (χ1) is 9.64. The average Bonchev–Trinajstić information content (AvgIpc) is 2.42. The second kappa shape index (κ2) is 6.85. The van der Waals surface area contributed by atoms with Crippen molar-refractivity contribution in [1.82, 2.24) is 9.80 Å². The van der Waals surface area contributed by atoms with Gasteiger partial charge < -0.3 is 9.80 Å². The molecule has 0 atom stereocenters. The number of nitrogens with zero attached hydrogens (tertiary/aromatic N) is 2. The molecule has 0 N–H and O–H groups in total. The highest BCUT2D eigenvalue weighted by molar-refractivity contribution is 6.09. The molecule has 0 saturated carbocycles. The highest BCUT2D eigenvalue weighted by Gasteiger charge is 2.27. The van der Waals surface area contributed by atoms with Gasteiger partial charge in [-0.15, -0.1) is 0 Å². The van der Waals surface area contributed by atoms with Gasteiger partial charge in [0.2, 0.25) is 0 Å². The number of carbonyl (C=O) groups excluding carboxylic acids is 2. The summed E-state index contributed by atoms with van der Waals surface area (Å²) in [6, 6.07) is 7.07. The van der Waals surface area contributed by atoms with Crippen molar-refractivity contribution in [2.24, 2.45) is 5.41 Å². The fourth-order valence-corrected chi connectivity index (χ4v) is 1.93. The minimum absolute atomic E-state index is 0.00698. The van der Waals surface area contributed by atoms with E-state index in [1.165, 1.54) is 0 Å². The maximum absolute atomic E-state index is 12.6. The van der Waals surface area contributed by atoms with Crippen LogP contribution in [-0.4, -0.2) is 55.7 Å². The van der Waals surface area contributed by atoms with Crippen molar-refractivity contribution in [2.45, 2.75) is 20.8 Å². The van der Waals surface area contributed by atoms with Gasteiger partial charge in [-0.3, -0.25) is 9.59 Å².